The van der Waals surface area contributed by atoms with Crippen LogP contribution in [0.3, 0.4) is 0 Å². The fourth-order valence-electron chi connectivity index (χ4n) is 1.90. The molecule has 19 heavy (non-hydrogen) atoms. The van der Waals surface area contributed by atoms with Crippen LogP contribution in [-0.4, -0.2) is 26.4 Å². The zero-order chi connectivity index (χ0) is 14.3. The smallest absolute Gasteiger partial charge is 0.121 e. The van der Waals surface area contributed by atoms with Crippen LogP contribution in [0.25, 0.3) is 0 Å². The number of rotatable bonds is 8. The van der Waals surface area contributed by atoms with Crippen molar-refractivity contribution in [3.8, 4) is 5.75 Å². The van der Waals surface area contributed by atoms with Gasteiger partial charge in [0.2, 0.25) is 0 Å². The van der Waals surface area contributed by atoms with Crippen LogP contribution >= 0.6 is 11.6 Å². The molecule has 0 fully saturated rings. The second-order valence-electron chi connectivity index (χ2n) is 4.74. The summed E-state index contributed by atoms with van der Waals surface area (Å²) in [7, 11) is 1.66. The Labute approximate surface area is 121 Å². The van der Waals surface area contributed by atoms with Crippen molar-refractivity contribution in [3.63, 3.8) is 0 Å². The van der Waals surface area contributed by atoms with Crippen LogP contribution in [-0.2, 0) is 4.74 Å². The van der Waals surface area contributed by atoms with Crippen LogP contribution in [0.5, 0.6) is 5.75 Å². The van der Waals surface area contributed by atoms with Crippen molar-refractivity contribution in [3.05, 3.63) is 28.8 Å². The molecule has 0 heterocycles. The van der Waals surface area contributed by atoms with Gasteiger partial charge in [0.05, 0.1) is 6.61 Å². The van der Waals surface area contributed by atoms with Crippen LogP contribution in [0, 0.1) is 0 Å². The monoisotopic (exact) mass is 285 g/mol. The molecule has 1 rings (SSSR count). The fraction of sp³-hybridized carbons (Fsp3) is 0.600. The summed E-state index contributed by atoms with van der Waals surface area (Å²) in [6.45, 7) is 7.78. The van der Waals surface area contributed by atoms with Gasteiger partial charge in [-0.15, -0.1) is 0 Å². The van der Waals surface area contributed by atoms with Crippen LogP contribution < -0.4 is 10.1 Å². The molecule has 1 N–H and O–H groups in total. The van der Waals surface area contributed by atoms with E-state index in [4.69, 9.17) is 21.1 Å². The van der Waals surface area contributed by atoms with E-state index in [0.29, 0.717) is 6.61 Å². The van der Waals surface area contributed by atoms with Crippen molar-refractivity contribution in [2.24, 2.45) is 0 Å². The van der Waals surface area contributed by atoms with Gasteiger partial charge in [-0.2, -0.15) is 0 Å². The minimum Gasteiger partial charge on any atom is -0.488 e. The first kappa shape index (κ1) is 16.3. The molecule has 1 aromatic carbocycles. The highest BCUT2D eigenvalue weighted by Crippen LogP contribution is 2.27. The lowest BCUT2D eigenvalue weighted by atomic mass is 10.1. The standard InChI is InChI=1S/C15H24ClNO2/c1-5-8-17-12(3)14-7-6-13(9-15(14)16)19-11(2)10-18-4/h6-7,9,11-12,17H,5,8,10H2,1-4H3. The Hall–Kier alpha value is -0.770. The molecular formula is C15H24ClNO2. The van der Waals surface area contributed by atoms with Gasteiger partial charge in [0.15, 0.2) is 0 Å². The zero-order valence-corrected chi connectivity index (χ0v) is 13.0. The summed E-state index contributed by atoms with van der Waals surface area (Å²) in [4.78, 5) is 0. The van der Waals surface area contributed by atoms with E-state index in [2.05, 4.69) is 19.2 Å². The van der Waals surface area contributed by atoms with Crippen molar-refractivity contribution >= 4 is 11.6 Å². The number of ether oxygens (including phenoxy) is 2. The molecule has 0 saturated carbocycles. The molecule has 0 aliphatic carbocycles. The summed E-state index contributed by atoms with van der Waals surface area (Å²) >= 11 is 6.31. The number of benzene rings is 1. The molecule has 3 nitrogen and oxygen atoms in total. The lowest BCUT2D eigenvalue weighted by Crippen LogP contribution is -2.20. The maximum absolute atomic E-state index is 6.31. The van der Waals surface area contributed by atoms with Gasteiger partial charge in [0.25, 0.3) is 0 Å². The second kappa shape index (κ2) is 8.41. The Morgan fingerprint density at radius 3 is 2.63 bits per heavy atom. The maximum atomic E-state index is 6.31. The topological polar surface area (TPSA) is 30.5 Å². The lowest BCUT2D eigenvalue weighted by Gasteiger charge is -2.18. The number of hydrogen-bond acceptors (Lipinski definition) is 3. The van der Waals surface area contributed by atoms with E-state index < -0.39 is 0 Å². The molecule has 0 aliphatic heterocycles. The number of nitrogens with one attached hydrogen (secondary N) is 1. The molecule has 0 bridgehead atoms. The molecule has 0 spiro atoms. The number of hydrogen-bond donors (Lipinski definition) is 1. The molecule has 2 unspecified atom stereocenters. The van der Waals surface area contributed by atoms with Gasteiger partial charge in [-0.05, 0) is 44.5 Å². The summed E-state index contributed by atoms with van der Waals surface area (Å²) in [5.74, 6) is 0.779. The van der Waals surface area contributed by atoms with E-state index in [1.54, 1.807) is 7.11 Å². The Bertz CT molecular complexity index is 384. The van der Waals surface area contributed by atoms with Crippen molar-refractivity contribution in [1.82, 2.24) is 5.32 Å². The first-order valence-corrected chi connectivity index (χ1v) is 7.14. The van der Waals surface area contributed by atoms with E-state index in [9.17, 15) is 0 Å². The van der Waals surface area contributed by atoms with E-state index >= 15 is 0 Å². The Morgan fingerprint density at radius 2 is 2.05 bits per heavy atom. The molecule has 4 heteroatoms. The summed E-state index contributed by atoms with van der Waals surface area (Å²) in [5.41, 5.74) is 1.10. The summed E-state index contributed by atoms with van der Waals surface area (Å²) in [5, 5.41) is 4.16. The second-order valence-corrected chi connectivity index (χ2v) is 5.15. The average molecular weight is 286 g/mol. The van der Waals surface area contributed by atoms with Crippen molar-refractivity contribution in [1.29, 1.82) is 0 Å². The van der Waals surface area contributed by atoms with Gasteiger partial charge in [-0.25, -0.2) is 0 Å². The Balaban J connectivity index is 2.68. The van der Waals surface area contributed by atoms with E-state index in [-0.39, 0.29) is 12.1 Å². The van der Waals surface area contributed by atoms with E-state index in [1.165, 1.54) is 0 Å². The SMILES string of the molecule is CCCNC(C)c1ccc(OC(C)COC)cc1Cl. The van der Waals surface area contributed by atoms with Gasteiger partial charge in [0.1, 0.15) is 11.9 Å². The van der Waals surface area contributed by atoms with Crippen molar-refractivity contribution in [2.75, 3.05) is 20.3 Å². The predicted octanol–water partition coefficient (Wildman–Crippen LogP) is 3.81. The zero-order valence-electron chi connectivity index (χ0n) is 12.2. The third-order valence-corrected chi connectivity index (χ3v) is 3.20. The molecule has 0 aromatic heterocycles. The highest BCUT2D eigenvalue weighted by molar-refractivity contribution is 6.31. The Morgan fingerprint density at radius 1 is 1.32 bits per heavy atom. The summed E-state index contributed by atoms with van der Waals surface area (Å²) in [6, 6.07) is 6.09. The largest absolute Gasteiger partial charge is 0.488 e. The molecule has 0 aliphatic rings. The molecule has 0 radical (unpaired) electrons. The van der Waals surface area contributed by atoms with Crippen LogP contribution in [0.15, 0.2) is 18.2 Å². The third-order valence-electron chi connectivity index (χ3n) is 2.88. The summed E-state index contributed by atoms with van der Waals surface area (Å²) in [6.07, 6.45) is 1.13. The highest BCUT2D eigenvalue weighted by atomic mass is 35.5. The number of halogens is 1. The lowest BCUT2D eigenvalue weighted by molar-refractivity contribution is 0.0921. The van der Waals surface area contributed by atoms with Crippen LogP contribution in [0.1, 0.15) is 38.8 Å². The van der Waals surface area contributed by atoms with Gasteiger partial charge >= 0.3 is 0 Å². The van der Waals surface area contributed by atoms with Gasteiger partial charge < -0.3 is 14.8 Å². The van der Waals surface area contributed by atoms with E-state index in [1.807, 2.05) is 25.1 Å². The minimum absolute atomic E-state index is 0.0163. The van der Waals surface area contributed by atoms with Gasteiger partial charge in [0, 0.05) is 18.2 Å². The normalized spacial score (nSPS) is 14.2. The van der Waals surface area contributed by atoms with Gasteiger partial charge in [-0.1, -0.05) is 24.6 Å². The number of methoxy groups -OCH3 is 1. The van der Waals surface area contributed by atoms with E-state index in [0.717, 1.165) is 29.3 Å². The van der Waals surface area contributed by atoms with Crippen molar-refractivity contribution in [2.45, 2.75) is 39.3 Å². The van der Waals surface area contributed by atoms with Crippen molar-refractivity contribution < 1.29 is 9.47 Å². The molecule has 2 atom stereocenters. The molecule has 108 valence electrons. The predicted molar refractivity (Wildman–Crippen MR) is 80.1 cm³/mol. The highest BCUT2D eigenvalue weighted by Gasteiger charge is 2.11. The first-order chi connectivity index (χ1) is 9.08. The van der Waals surface area contributed by atoms with Crippen LogP contribution in [0.2, 0.25) is 5.02 Å². The molecule has 0 saturated heterocycles. The summed E-state index contributed by atoms with van der Waals surface area (Å²) < 4.78 is 10.8. The fourth-order valence-corrected chi connectivity index (χ4v) is 2.24. The Kier molecular flexibility index (Phi) is 7.21. The third kappa shape index (κ3) is 5.39. The average Bonchev–Trinajstić information content (AvgIpc) is 2.36. The van der Waals surface area contributed by atoms with Crippen LogP contribution in [0.4, 0.5) is 0 Å². The minimum atomic E-state index is 0.0163. The maximum Gasteiger partial charge on any atom is 0.121 e. The molecule has 0 amide bonds. The van der Waals surface area contributed by atoms with Gasteiger partial charge in [-0.3, -0.25) is 0 Å². The first-order valence-electron chi connectivity index (χ1n) is 6.76. The molecular weight excluding hydrogens is 262 g/mol. The molecule has 1 aromatic rings. The quantitative estimate of drug-likeness (QED) is 0.788.